The molecule has 1 rings (SSSR count). The molecule has 1 N–H and O–H groups in total. The van der Waals surface area contributed by atoms with Crippen LogP contribution in [0.2, 0.25) is 5.02 Å². The van der Waals surface area contributed by atoms with Gasteiger partial charge in [0.1, 0.15) is 0 Å². The van der Waals surface area contributed by atoms with Crippen molar-refractivity contribution in [3.63, 3.8) is 0 Å². The minimum absolute atomic E-state index is 0.173. The highest BCUT2D eigenvalue weighted by Crippen LogP contribution is 2.26. The van der Waals surface area contributed by atoms with Gasteiger partial charge in [0.15, 0.2) is 0 Å². The van der Waals surface area contributed by atoms with Crippen molar-refractivity contribution in [2.24, 2.45) is 0 Å². The third-order valence-corrected chi connectivity index (χ3v) is 5.53. The lowest BCUT2D eigenvalue weighted by Crippen LogP contribution is -2.29. The van der Waals surface area contributed by atoms with Crippen LogP contribution in [0.5, 0.6) is 0 Å². The average molecular weight is 357 g/mol. The van der Waals surface area contributed by atoms with E-state index in [9.17, 15) is 13.5 Å². The quantitative estimate of drug-likeness (QED) is 0.882. The molecule has 1 unspecified atom stereocenters. The number of nitrogens with zero attached hydrogens (tertiary/aromatic N) is 1. The van der Waals surface area contributed by atoms with Gasteiger partial charge in [0.25, 0.3) is 0 Å². The van der Waals surface area contributed by atoms with E-state index in [-0.39, 0.29) is 11.4 Å². The number of halogens is 2. The summed E-state index contributed by atoms with van der Waals surface area (Å²) in [6.45, 7) is 1.89. The topological polar surface area (TPSA) is 57.6 Å². The summed E-state index contributed by atoms with van der Waals surface area (Å²) in [5.41, 5.74) is 0. The first-order valence-electron chi connectivity index (χ1n) is 5.34. The van der Waals surface area contributed by atoms with Crippen LogP contribution in [0.3, 0.4) is 0 Å². The van der Waals surface area contributed by atoms with Crippen LogP contribution < -0.4 is 0 Å². The molecule has 0 fully saturated rings. The van der Waals surface area contributed by atoms with Gasteiger partial charge in [0.2, 0.25) is 10.0 Å². The Balaban J connectivity index is 2.95. The van der Waals surface area contributed by atoms with Gasteiger partial charge in [-0.2, -0.15) is 0 Å². The zero-order valence-electron chi connectivity index (χ0n) is 10.1. The second kappa shape index (κ2) is 6.34. The van der Waals surface area contributed by atoms with Gasteiger partial charge in [0, 0.05) is 18.1 Å². The Hall–Kier alpha value is -0.140. The summed E-state index contributed by atoms with van der Waals surface area (Å²) >= 11 is 9.02. The van der Waals surface area contributed by atoms with Crippen molar-refractivity contribution in [1.82, 2.24) is 4.31 Å². The molecule has 0 spiro atoms. The molecule has 1 aromatic rings. The summed E-state index contributed by atoms with van der Waals surface area (Å²) < 4.78 is 26.1. The van der Waals surface area contributed by atoms with E-state index < -0.39 is 16.1 Å². The maximum Gasteiger partial charge on any atom is 0.242 e. The molecule has 18 heavy (non-hydrogen) atoms. The molecule has 0 aliphatic heterocycles. The maximum atomic E-state index is 12.2. The second-order valence-electron chi connectivity index (χ2n) is 4.04. The number of rotatable bonds is 5. The van der Waals surface area contributed by atoms with E-state index in [0.29, 0.717) is 15.9 Å². The summed E-state index contributed by atoms with van der Waals surface area (Å²) in [5.74, 6) is 0. The predicted octanol–water partition coefficient (Wildman–Crippen LogP) is 2.49. The van der Waals surface area contributed by atoms with Crippen molar-refractivity contribution in [2.45, 2.75) is 24.3 Å². The van der Waals surface area contributed by atoms with E-state index in [1.165, 1.54) is 29.6 Å². The Morgan fingerprint density at radius 2 is 2.11 bits per heavy atom. The summed E-state index contributed by atoms with van der Waals surface area (Å²) in [5, 5.41) is 9.63. The number of hydrogen-bond acceptors (Lipinski definition) is 3. The summed E-state index contributed by atoms with van der Waals surface area (Å²) in [6, 6.07) is 4.46. The maximum absolute atomic E-state index is 12.2. The number of benzene rings is 1. The van der Waals surface area contributed by atoms with Gasteiger partial charge >= 0.3 is 0 Å². The monoisotopic (exact) mass is 355 g/mol. The molecule has 7 heteroatoms. The van der Waals surface area contributed by atoms with Crippen molar-refractivity contribution in [3.05, 3.63) is 27.7 Å². The van der Waals surface area contributed by atoms with Crippen molar-refractivity contribution in [1.29, 1.82) is 0 Å². The molecule has 0 heterocycles. The molecule has 0 aliphatic carbocycles. The van der Waals surface area contributed by atoms with Crippen molar-refractivity contribution in [3.8, 4) is 0 Å². The second-order valence-corrected chi connectivity index (χ2v) is 7.35. The molecule has 0 amide bonds. The number of aliphatic hydroxyl groups is 1. The molecule has 4 nitrogen and oxygen atoms in total. The highest BCUT2D eigenvalue weighted by Gasteiger charge is 2.21. The SMILES string of the molecule is CC(O)CCN(C)S(=O)(=O)c1ccc(Cl)c(Br)c1. The van der Waals surface area contributed by atoms with Gasteiger partial charge < -0.3 is 5.11 Å². The Labute approximate surface area is 121 Å². The highest BCUT2D eigenvalue weighted by molar-refractivity contribution is 9.10. The Kier molecular flexibility index (Phi) is 5.61. The standard InChI is InChI=1S/C11H15BrClNO3S/c1-8(15)5-6-14(2)18(16,17)9-3-4-11(13)10(12)7-9/h3-4,7-8,15H,5-6H2,1-2H3. The minimum Gasteiger partial charge on any atom is -0.393 e. The third kappa shape index (κ3) is 3.93. The first kappa shape index (κ1) is 15.9. The number of hydrogen-bond donors (Lipinski definition) is 1. The van der Waals surface area contributed by atoms with Crippen molar-refractivity contribution in [2.75, 3.05) is 13.6 Å². The van der Waals surface area contributed by atoms with Gasteiger partial charge in [0.05, 0.1) is 16.0 Å². The van der Waals surface area contributed by atoms with Crippen LogP contribution in [0.25, 0.3) is 0 Å². The molecule has 1 atom stereocenters. The van der Waals surface area contributed by atoms with Crippen molar-refractivity contribution >= 4 is 37.6 Å². The molecule has 0 aromatic heterocycles. The van der Waals surface area contributed by atoms with Crippen LogP contribution in [0.15, 0.2) is 27.6 Å². The fraction of sp³-hybridized carbons (Fsp3) is 0.455. The average Bonchev–Trinajstić information content (AvgIpc) is 2.29. The van der Waals surface area contributed by atoms with Crippen LogP contribution >= 0.6 is 27.5 Å². The largest absolute Gasteiger partial charge is 0.393 e. The lowest BCUT2D eigenvalue weighted by atomic mass is 10.3. The third-order valence-electron chi connectivity index (χ3n) is 2.46. The fourth-order valence-electron chi connectivity index (χ4n) is 1.31. The number of aliphatic hydroxyl groups excluding tert-OH is 1. The molecule has 0 saturated heterocycles. The first-order chi connectivity index (χ1) is 8.25. The fourth-order valence-corrected chi connectivity index (χ4v) is 3.17. The molecule has 0 aliphatic rings. The van der Waals surface area contributed by atoms with Crippen molar-refractivity contribution < 1.29 is 13.5 Å². The Morgan fingerprint density at radius 1 is 1.50 bits per heavy atom. The smallest absolute Gasteiger partial charge is 0.242 e. The zero-order chi connectivity index (χ0) is 13.9. The van der Waals surface area contributed by atoms with E-state index in [0.717, 1.165) is 0 Å². The van der Waals surface area contributed by atoms with Crippen LogP contribution in [-0.4, -0.2) is 37.5 Å². The van der Waals surface area contributed by atoms with E-state index in [2.05, 4.69) is 15.9 Å². The molecule has 0 radical (unpaired) electrons. The lowest BCUT2D eigenvalue weighted by Gasteiger charge is -2.18. The normalized spacial score (nSPS) is 13.9. The summed E-state index contributed by atoms with van der Waals surface area (Å²) in [6.07, 6.45) is -0.135. The van der Waals surface area contributed by atoms with Crippen LogP contribution in [0, 0.1) is 0 Å². The molecule has 0 bridgehead atoms. The van der Waals surface area contributed by atoms with E-state index >= 15 is 0 Å². The van der Waals surface area contributed by atoms with Gasteiger partial charge in [-0.05, 0) is 47.5 Å². The van der Waals surface area contributed by atoms with E-state index in [4.69, 9.17) is 11.6 Å². The van der Waals surface area contributed by atoms with Crippen LogP contribution in [0.4, 0.5) is 0 Å². The van der Waals surface area contributed by atoms with Crippen LogP contribution in [0.1, 0.15) is 13.3 Å². The van der Waals surface area contributed by atoms with Gasteiger partial charge in [-0.3, -0.25) is 0 Å². The van der Waals surface area contributed by atoms with Gasteiger partial charge in [-0.1, -0.05) is 11.6 Å². The highest BCUT2D eigenvalue weighted by atomic mass is 79.9. The van der Waals surface area contributed by atoms with Gasteiger partial charge in [-0.15, -0.1) is 0 Å². The molecule has 1 aromatic carbocycles. The first-order valence-corrected chi connectivity index (χ1v) is 7.95. The van der Waals surface area contributed by atoms with Gasteiger partial charge in [-0.25, -0.2) is 12.7 Å². The molecule has 102 valence electrons. The molecule has 0 saturated carbocycles. The van der Waals surface area contributed by atoms with E-state index in [1.807, 2.05) is 0 Å². The molecular weight excluding hydrogens is 342 g/mol. The summed E-state index contributed by atoms with van der Waals surface area (Å²) in [4.78, 5) is 0.173. The Bertz CT molecular complexity index is 519. The van der Waals surface area contributed by atoms with Crippen LogP contribution in [-0.2, 0) is 10.0 Å². The number of sulfonamides is 1. The lowest BCUT2D eigenvalue weighted by molar-refractivity contribution is 0.177. The minimum atomic E-state index is -3.54. The van der Waals surface area contributed by atoms with E-state index in [1.54, 1.807) is 6.92 Å². The zero-order valence-corrected chi connectivity index (χ0v) is 13.3. The Morgan fingerprint density at radius 3 is 2.61 bits per heavy atom. The predicted molar refractivity (Wildman–Crippen MR) is 75.3 cm³/mol. The summed E-state index contributed by atoms with van der Waals surface area (Å²) in [7, 11) is -2.05. The molecular formula is C11H15BrClNO3S.